The van der Waals surface area contributed by atoms with Gasteiger partial charge in [-0.1, -0.05) is 13.8 Å². The van der Waals surface area contributed by atoms with Crippen molar-refractivity contribution in [3.05, 3.63) is 47.9 Å². The molecule has 2 N–H and O–H groups in total. The molecular formula is C22H26N8. The highest BCUT2D eigenvalue weighted by molar-refractivity contribution is 5.75. The number of aryl methyl sites for hydroxylation is 1. The third-order valence-corrected chi connectivity index (χ3v) is 5.88. The summed E-state index contributed by atoms with van der Waals surface area (Å²) in [4.78, 5) is 13.7. The largest absolute Gasteiger partial charge is 0.317 e. The van der Waals surface area contributed by atoms with Crippen molar-refractivity contribution in [2.45, 2.75) is 45.4 Å². The maximum atomic E-state index is 4.69. The molecule has 0 radical (unpaired) electrons. The van der Waals surface area contributed by atoms with E-state index < -0.39 is 0 Å². The number of fused-ring (bicyclic) bond motifs is 1. The maximum absolute atomic E-state index is 4.69. The number of hydrogen-bond donors (Lipinski definition) is 2. The van der Waals surface area contributed by atoms with Crippen molar-refractivity contribution in [1.29, 1.82) is 0 Å². The van der Waals surface area contributed by atoms with Gasteiger partial charge in [-0.15, -0.1) is 0 Å². The van der Waals surface area contributed by atoms with Crippen molar-refractivity contribution in [3.8, 4) is 22.5 Å². The Morgan fingerprint density at radius 1 is 1.07 bits per heavy atom. The zero-order chi connectivity index (χ0) is 20.7. The van der Waals surface area contributed by atoms with Crippen LogP contribution in [0.1, 0.15) is 55.5 Å². The van der Waals surface area contributed by atoms with E-state index in [1.54, 1.807) is 6.33 Å². The summed E-state index contributed by atoms with van der Waals surface area (Å²) < 4.78 is 1.81. The fourth-order valence-electron chi connectivity index (χ4n) is 4.33. The highest BCUT2D eigenvalue weighted by atomic mass is 15.3. The van der Waals surface area contributed by atoms with E-state index in [2.05, 4.69) is 45.5 Å². The summed E-state index contributed by atoms with van der Waals surface area (Å²) in [6.45, 7) is 8.48. The fraction of sp³-hybridized carbons (Fsp3) is 0.409. The Labute approximate surface area is 175 Å². The standard InChI is InChI=1S/C22H26N8/c1-13(2)18-19(16-8-14(3)22-26-12-27-30(22)11-16)28-29-20(18)17-9-24-21(25-10-17)15-4-6-23-7-5-15/h8-13,15,23H,4-7H2,1-3H3,(H,28,29). The SMILES string of the molecule is Cc1cc(-c2[nH]nc(-c3cnc(C4CCNCC4)nc3)c2C(C)C)cn2ncnc12. The Bertz CT molecular complexity index is 1170. The molecule has 0 saturated carbocycles. The van der Waals surface area contributed by atoms with Gasteiger partial charge >= 0.3 is 0 Å². The molecule has 0 unspecified atom stereocenters. The minimum absolute atomic E-state index is 0.282. The Kier molecular flexibility index (Phi) is 4.78. The summed E-state index contributed by atoms with van der Waals surface area (Å²) >= 11 is 0. The van der Waals surface area contributed by atoms with Crippen LogP contribution in [-0.2, 0) is 0 Å². The molecule has 5 heterocycles. The zero-order valence-electron chi connectivity index (χ0n) is 17.6. The third-order valence-electron chi connectivity index (χ3n) is 5.88. The second-order valence-electron chi connectivity index (χ2n) is 8.31. The van der Waals surface area contributed by atoms with Crippen LogP contribution in [0.3, 0.4) is 0 Å². The van der Waals surface area contributed by atoms with Gasteiger partial charge in [-0.3, -0.25) is 5.10 Å². The molecule has 8 nitrogen and oxygen atoms in total. The molecular weight excluding hydrogens is 376 g/mol. The van der Waals surface area contributed by atoms with Gasteiger partial charge in [0.1, 0.15) is 12.2 Å². The number of nitrogens with zero attached hydrogens (tertiary/aromatic N) is 6. The van der Waals surface area contributed by atoms with E-state index in [4.69, 9.17) is 9.97 Å². The molecule has 4 aromatic heterocycles. The molecule has 0 aromatic carbocycles. The van der Waals surface area contributed by atoms with Crippen molar-refractivity contribution >= 4 is 5.65 Å². The van der Waals surface area contributed by atoms with Gasteiger partial charge in [0.05, 0.1) is 11.4 Å². The van der Waals surface area contributed by atoms with Gasteiger partial charge in [0.2, 0.25) is 0 Å². The van der Waals surface area contributed by atoms with Crippen molar-refractivity contribution in [1.82, 2.24) is 40.1 Å². The van der Waals surface area contributed by atoms with Crippen molar-refractivity contribution in [2.75, 3.05) is 13.1 Å². The molecule has 1 aliphatic heterocycles. The highest BCUT2D eigenvalue weighted by Crippen LogP contribution is 2.35. The molecule has 154 valence electrons. The average Bonchev–Trinajstić information content (AvgIpc) is 3.42. The van der Waals surface area contributed by atoms with Crippen molar-refractivity contribution in [3.63, 3.8) is 0 Å². The van der Waals surface area contributed by atoms with Crippen LogP contribution in [0.15, 0.2) is 31.0 Å². The predicted octanol–water partition coefficient (Wildman–Crippen LogP) is 3.48. The molecule has 0 atom stereocenters. The Balaban J connectivity index is 1.54. The molecule has 8 heteroatoms. The molecule has 4 aromatic rings. The van der Waals surface area contributed by atoms with E-state index >= 15 is 0 Å². The molecule has 0 aliphatic carbocycles. The lowest BCUT2D eigenvalue weighted by Gasteiger charge is -2.21. The van der Waals surface area contributed by atoms with Gasteiger partial charge in [0.25, 0.3) is 0 Å². The zero-order valence-corrected chi connectivity index (χ0v) is 17.6. The normalized spacial score (nSPS) is 15.3. The smallest absolute Gasteiger partial charge is 0.158 e. The second-order valence-corrected chi connectivity index (χ2v) is 8.31. The molecule has 0 amide bonds. The lowest BCUT2D eigenvalue weighted by molar-refractivity contribution is 0.445. The van der Waals surface area contributed by atoms with Gasteiger partial charge in [0, 0.05) is 41.2 Å². The van der Waals surface area contributed by atoms with E-state index in [9.17, 15) is 0 Å². The molecule has 1 saturated heterocycles. The van der Waals surface area contributed by atoms with E-state index in [-0.39, 0.29) is 5.92 Å². The quantitative estimate of drug-likeness (QED) is 0.542. The molecule has 30 heavy (non-hydrogen) atoms. The number of H-pyrrole nitrogens is 1. The van der Waals surface area contributed by atoms with Crippen LogP contribution < -0.4 is 5.32 Å². The predicted molar refractivity (Wildman–Crippen MR) is 115 cm³/mol. The summed E-state index contributed by atoms with van der Waals surface area (Å²) in [6, 6.07) is 2.13. The number of rotatable bonds is 4. The van der Waals surface area contributed by atoms with Gasteiger partial charge in [-0.25, -0.2) is 19.5 Å². The molecule has 1 aliphatic rings. The first-order valence-electron chi connectivity index (χ1n) is 10.5. The highest BCUT2D eigenvalue weighted by Gasteiger charge is 2.22. The summed E-state index contributed by atoms with van der Waals surface area (Å²) in [7, 11) is 0. The number of aromatic nitrogens is 7. The maximum Gasteiger partial charge on any atom is 0.158 e. The third kappa shape index (κ3) is 3.27. The minimum atomic E-state index is 0.282. The number of aromatic amines is 1. The minimum Gasteiger partial charge on any atom is -0.317 e. The second kappa shape index (κ2) is 7.60. The average molecular weight is 403 g/mol. The Morgan fingerprint density at radius 2 is 1.83 bits per heavy atom. The van der Waals surface area contributed by atoms with Crippen LogP contribution in [0.2, 0.25) is 0 Å². The van der Waals surface area contributed by atoms with Gasteiger partial charge in [-0.05, 0) is 50.4 Å². The Morgan fingerprint density at radius 3 is 2.57 bits per heavy atom. The topological polar surface area (TPSA) is 96.7 Å². The summed E-state index contributed by atoms with van der Waals surface area (Å²) in [5.41, 5.74) is 7.00. The summed E-state index contributed by atoms with van der Waals surface area (Å²) in [5, 5.41) is 15.6. The molecule has 0 spiro atoms. The summed E-state index contributed by atoms with van der Waals surface area (Å²) in [6.07, 6.45) is 9.59. The first-order valence-corrected chi connectivity index (χ1v) is 10.5. The van der Waals surface area contributed by atoms with E-state index in [1.165, 1.54) is 0 Å². The van der Waals surface area contributed by atoms with Crippen LogP contribution in [0.25, 0.3) is 28.2 Å². The first-order chi connectivity index (χ1) is 14.6. The number of nitrogens with one attached hydrogen (secondary N) is 2. The fourth-order valence-corrected chi connectivity index (χ4v) is 4.33. The van der Waals surface area contributed by atoms with Crippen molar-refractivity contribution < 1.29 is 0 Å². The van der Waals surface area contributed by atoms with Gasteiger partial charge in [-0.2, -0.15) is 10.2 Å². The van der Waals surface area contributed by atoms with E-state index in [1.807, 2.05) is 30.0 Å². The summed E-state index contributed by atoms with van der Waals surface area (Å²) in [5.74, 6) is 1.66. The van der Waals surface area contributed by atoms with E-state index in [0.717, 1.165) is 71.0 Å². The van der Waals surface area contributed by atoms with Crippen LogP contribution in [0, 0.1) is 6.92 Å². The van der Waals surface area contributed by atoms with Crippen LogP contribution >= 0.6 is 0 Å². The van der Waals surface area contributed by atoms with Crippen LogP contribution in [-0.4, -0.2) is 47.9 Å². The molecule has 0 bridgehead atoms. The monoisotopic (exact) mass is 402 g/mol. The number of piperidine rings is 1. The molecule has 5 rings (SSSR count). The van der Waals surface area contributed by atoms with Gasteiger partial charge < -0.3 is 5.32 Å². The van der Waals surface area contributed by atoms with E-state index in [0.29, 0.717) is 5.92 Å². The number of hydrogen-bond acceptors (Lipinski definition) is 6. The Hall–Kier alpha value is -3.13. The van der Waals surface area contributed by atoms with Gasteiger partial charge in [0.15, 0.2) is 5.65 Å². The number of pyridine rings is 1. The lowest BCUT2D eigenvalue weighted by atomic mass is 9.94. The van der Waals surface area contributed by atoms with Crippen molar-refractivity contribution in [2.24, 2.45) is 0 Å². The van der Waals surface area contributed by atoms with Crippen LogP contribution in [0.4, 0.5) is 0 Å². The lowest BCUT2D eigenvalue weighted by Crippen LogP contribution is -2.27. The van der Waals surface area contributed by atoms with Crippen LogP contribution in [0.5, 0.6) is 0 Å². The first kappa shape index (κ1) is 18.9. The molecule has 1 fully saturated rings.